The third-order valence-electron chi connectivity index (χ3n) is 4.39. The van der Waals surface area contributed by atoms with Crippen molar-refractivity contribution in [2.24, 2.45) is 0 Å². The molecule has 1 aromatic heterocycles. The Morgan fingerprint density at radius 3 is 2.53 bits per heavy atom. The fourth-order valence-corrected chi connectivity index (χ4v) is 2.71. The molecule has 0 atom stereocenters. The van der Waals surface area contributed by atoms with Gasteiger partial charge in [0.15, 0.2) is 18.2 Å². The van der Waals surface area contributed by atoms with Gasteiger partial charge in [-0.3, -0.25) is 9.59 Å². The third kappa shape index (κ3) is 5.56. The summed E-state index contributed by atoms with van der Waals surface area (Å²) in [5.74, 6) is -3.36. The summed E-state index contributed by atoms with van der Waals surface area (Å²) in [4.78, 5) is 37.3. The Morgan fingerprint density at radius 2 is 1.88 bits per heavy atom. The monoisotopic (exact) mass is 447 g/mol. The predicted octanol–water partition coefficient (Wildman–Crippen LogP) is 1.99. The van der Waals surface area contributed by atoms with E-state index in [1.54, 1.807) is 6.07 Å². The number of benzene rings is 2. The molecule has 0 unspecified atom stereocenters. The molecule has 3 rings (SSSR count). The van der Waals surface area contributed by atoms with Gasteiger partial charge in [-0.15, -0.1) is 5.10 Å². The second-order valence-electron chi connectivity index (χ2n) is 6.72. The minimum absolute atomic E-state index is 0.0844. The Kier molecular flexibility index (Phi) is 6.98. The summed E-state index contributed by atoms with van der Waals surface area (Å²) in [5.41, 5.74) is 0.871. The highest BCUT2D eigenvalue weighted by Crippen LogP contribution is 2.18. The summed E-state index contributed by atoms with van der Waals surface area (Å²) < 4.78 is 42.2. The zero-order valence-corrected chi connectivity index (χ0v) is 17.2. The van der Waals surface area contributed by atoms with Crippen LogP contribution in [0, 0.1) is 11.6 Å². The van der Waals surface area contributed by atoms with Crippen molar-refractivity contribution in [2.45, 2.75) is 13.1 Å². The average Bonchev–Trinajstić information content (AvgIpc) is 3.12. The first-order valence-electron chi connectivity index (χ1n) is 9.32. The standard InChI is InChI=1S/C21H19F2N3O6/c1-25(10-13-3-8-17(30-2)16(23)9-13)18(27)12-31-19(28)11-26-21(29)32-20(24-26)14-4-6-15(22)7-5-14/h3-9H,10-12H2,1-2H3. The van der Waals surface area contributed by atoms with Crippen molar-refractivity contribution in [1.29, 1.82) is 0 Å². The molecule has 0 radical (unpaired) electrons. The van der Waals surface area contributed by atoms with Crippen LogP contribution in [0.15, 0.2) is 51.7 Å². The van der Waals surface area contributed by atoms with Gasteiger partial charge in [0.05, 0.1) is 7.11 Å². The fourth-order valence-electron chi connectivity index (χ4n) is 2.71. The first-order valence-corrected chi connectivity index (χ1v) is 9.32. The maximum absolute atomic E-state index is 13.8. The van der Waals surface area contributed by atoms with Crippen LogP contribution in [0.1, 0.15) is 5.56 Å². The van der Waals surface area contributed by atoms with Gasteiger partial charge in [-0.05, 0) is 42.0 Å². The van der Waals surface area contributed by atoms with Gasteiger partial charge in [-0.25, -0.2) is 13.6 Å². The lowest BCUT2D eigenvalue weighted by Gasteiger charge is -2.17. The van der Waals surface area contributed by atoms with Crippen molar-refractivity contribution in [1.82, 2.24) is 14.7 Å². The summed E-state index contributed by atoms with van der Waals surface area (Å²) >= 11 is 0. The number of hydrogen-bond acceptors (Lipinski definition) is 7. The zero-order valence-electron chi connectivity index (χ0n) is 17.2. The molecule has 0 N–H and O–H groups in total. The minimum atomic E-state index is -0.911. The number of amides is 1. The largest absolute Gasteiger partial charge is 0.494 e. The molecule has 0 aliphatic rings. The van der Waals surface area contributed by atoms with Crippen LogP contribution in [0.4, 0.5) is 8.78 Å². The van der Waals surface area contributed by atoms with E-state index < -0.39 is 42.4 Å². The molecular formula is C21H19F2N3O6. The summed E-state index contributed by atoms with van der Waals surface area (Å²) in [6.07, 6.45) is 0. The number of aromatic nitrogens is 2. The third-order valence-corrected chi connectivity index (χ3v) is 4.39. The minimum Gasteiger partial charge on any atom is -0.494 e. The molecule has 0 spiro atoms. The van der Waals surface area contributed by atoms with E-state index in [1.165, 1.54) is 55.5 Å². The van der Waals surface area contributed by atoms with E-state index in [0.717, 1.165) is 4.68 Å². The quantitative estimate of drug-likeness (QED) is 0.487. The van der Waals surface area contributed by atoms with Crippen molar-refractivity contribution < 1.29 is 32.3 Å². The molecular weight excluding hydrogens is 428 g/mol. The number of rotatable bonds is 8. The number of methoxy groups -OCH3 is 1. The lowest BCUT2D eigenvalue weighted by atomic mass is 10.2. The number of carbonyl (C=O) groups excluding carboxylic acids is 2. The van der Waals surface area contributed by atoms with Gasteiger partial charge in [0.2, 0.25) is 5.89 Å². The van der Waals surface area contributed by atoms with E-state index in [2.05, 4.69) is 5.10 Å². The molecule has 0 bridgehead atoms. The lowest BCUT2D eigenvalue weighted by molar-refractivity contribution is -0.152. The molecule has 0 saturated carbocycles. The SMILES string of the molecule is COc1ccc(CN(C)C(=O)COC(=O)Cn2nc(-c3ccc(F)cc3)oc2=O)cc1F. The van der Waals surface area contributed by atoms with E-state index in [9.17, 15) is 23.2 Å². The summed E-state index contributed by atoms with van der Waals surface area (Å²) in [6, 6.07) is 9.37. The van der Waals surface area contributed by atoms with Crippen LogP contribution in [-0.2, 0) is 27.4 Å². The number of esters is 1. The molecule has 0 aliphatic carbocycles. The highest BCUT2D eigenvalue weighted by molar-refractivity contribution is 5.80. The highest BCUT2D eigenvalue weighted by atomic mass is 19.1. The first kappa shape index (κ1) is 22.7. The molecule has 3 aromatic rings. The van der Waals surface area contributed by atoms with Gasteiger partial charge in [0, 0.05) is 19.2 Å². The van der Waals surface area contributed by atoms with E-state index in [0.29, 0.717) is 11.1 Å². The average molecular weight is 447 g/mol. The maximum atomic E-state index is 13.8. The topological polar surface area (TPSA) is 104 Å². The Labute approximate surface area is 180 Å². The van der Waals surface area contributed by atoms with Gasteiger partial charge in [-0.1, -0.05) is 6.07 Å². The van der Waals surface area contributed by atoms with Crippen LogP contribution in [0.3, 0.4) is 0 Å². The number of ether oxygens (including phenoxy) is 2. The number of halogens is 2. The van der Waals surface area contributed by atoms with Gasteiger partial charge in [0.25, 0.3) is 5.91 Å². The van der Waals surface area contributed by atoms with Crippen molar-refractivity contribution in [3.05, 3.63) is 70.2 Å². The van der Waals surface area contributed by atoms with E-state index >= 15 is 0 Å². The molecule has 0 saturated heterocycles. The number of likely N-dealkylation sites (N-methyl/N-ethyl adjacent to an activating group) is 1. The Morgan fingerprint density at radius 1 is 1.16 bits per heavy atom. The molecule has 0 fully saturated rings. The molecule has 0 aliphatic heterocycles. The van der Waals surface area contributed by atoms with Crippen LogP contribution in [0.5, 0.6) is 5.75 Å². The number of carbonyl (C=O) groups is 2. The van der Waals surface area contributed by atoms with E-state index in [1.807, 2.05) is 0 Å². The van der Waals surface area contributed by atoms with Gasteiger partial charge >= 0.3 is 11.7 Å². The molecule has 1 heterocycles. The van der Waals surface area contributed by atoms with E-state index in [4.69, 9.17) is 13.9 Å². The van der Waals surface area contributed by atoms with E-state index in [-0.39, 0.29) is 18.2 Å². The molecule has 9 nitrogen and oxygen atoms in total. The Hall–Kier alpha value is -4.02. The normalized spacial score (nSPS) is 10.6. The first-order chi connectivity index (χ1) is 15.3. The van der Waals surface area contributed by atoms with Crippen molar-refractivity contribution in [2.75, 3.05) is 20.8 Å². The van der Waals surface area contributed by atoms with Crippen molar-refractivity contribution in [3.8, 4) is 17.2 Å². The molecule has 1 amide bonds. The van der Waals surface area contributed by atoms with Crippen LogP contribution in [-0.4, -0.2) is 47.3 Å². The van der Waals surface area contributed by atoms with Gasteiger partial charge in [0.1, 0.15) is 12.4 Å². The van der Waals surface area contributed by atoms with Gasteiger partial charge in [-0.2, -0.15) is 4.68 Å². The molecule has 2 aromatic carbocycles. The van der Waals surface area contributed by atoms with Gasteiger partial charge < -0.3 is 18.8 Å². The molecule has 168 valence electrons. The zero-order chi connectivity index (χ0) is 23.3. The van der Waals surface area contributed by atoms with Crippen LogP contribution in [0.2, 0.25) is 0 Å². The van der Waals surface area contributed by atoms with Crippen LogP contribution >= 0.6 is 0 Å². The second-order valence-corrected chi connectivity index (χ2v) is 6.72. The predicted molar refractivity (Wildman–Crippen MR) is 107 cm³/mol. The summed E-state index contributed by atoms with van der Waals surface area (Å²) in [5, 5.41) is 3.86. The fraction of sp³-hybridized carbons (Fsp3) is 0.238. The number of nitrogens with zero attached hydrogens (tertiary/aromatic N) is 3. The summed E-state index contributed by atoms with van der Waals surface area (Å²) in [6.45, 7) is -1.07. The van der Waals surface area contributed by atoms with Crippen molar-refractivity contribution >= 4 is 11.9 Å². The number of hydrogen-bond donors (Lipinski definition) is 0. The van der Waals surface area contributed by atoms with Crippen LogP contribution < -0.4 is 10.5 Å². The Balaban J connectivity index is 1.53. The second kappa shape index (κ2) is 9.86. The van der Waals surface area contributed by atoms with Crippen molar-refractivity contribution in [3.63, 3.8) is 0 Å². The lowest BCUT2D eigenvalue weighted by Crippen LogP contribution is -2.32. The summed E-state index contributed by atoms with van der Waals surface area (Å²) in [7, 11) is 2.81. The Bertz CT molecular complexity index is 1170. The molecule has 11 heteroatoms. The highest BCUT2D eigenvalue weighted by Gasteiger charge is 2.17. The van der Waals surface area contributed by atoms with Crippen LogP contribution in [0.25, 0.3) is 11.5 Å². The maximum Gasteiger partial charge on any atom is 0.437 e. The smallest absolute Gasteiger partial charge is 0.437 e. The molecule has 32 heavy (non-hydrogen) atoms.